The van der Waals surface area contributed by atoms with E-state index in [4.69, 9.17) is 17.0 Å². The molecule has 0 bridgehead atoms. The van der Waals surface area contributed by atoms with Crippen molar-refractivity contribution in [2.75, 3.05) is 20.3 Å². The van der Waals surface area contributed by atoms with Crippen molar-refractivity contribution in [2.24, 2.45) is 0 Å². The molecule has 2 atom stereocenters. The van der Waals surface area contributed by atoms with Crippen molar-refractivity contribution >= 4 is 17.3 Å². The van der Waals surface area contributed by atoms with Crippen molar-refractivity contribution in [1.29, 1.82) is 0 Å². The zero-order valence-corrected chi connectivity index (χ0v) is 16.5. The minimum atomic E-state index is -0.0203. The molecule has 1 N–H and O–H groups in total. The summed E-state index contributed by atoms with van der Waals surface area (Å²) in [5, 5.41) is 4.20. The van der Waals surface area contributed by atoms with Gasteiger partial charge in [0.05, 0.1) is 24.4 Å². The number of hydrogen-bond donors (Lipinski definition) is 1. The van der Waals surface area contributed by atoms with Gasteiger partial charge in [0.1, 0.15) is 0 Å². The first kappa shape index (κ1) is 18.6. The van der Waals surface area contributed by atoms with Gasteiger partial charge in [0.15, 0.2) is 5.11 Å². The molecular weight excluding hydrogens is 370 g/mol. The summed E-state index contributed by atoms with van der Waals surface area (Å²) in [5.74, 6) is 0. The van der Waals surface area contributed by atoms with E-state index in [1.807, 2.05) is 36.7 Å². The lowest BCUT2D eigenvalue weighted by atomic mass is 10.0. The summed E-state index contributed by atoms with van der Waals surface area (Å²) in [6.07, 6.45) is 7.63. The number of thiocarbonyl (C=S) groups is 1. The first-order chi connectivity index (χ1) is 13.8. The van der Waals surface area contributed by atoms with E-state index in [1.54, 1.807) is 13.3 Å². The number of ether oxygens (including phenoxy) is 1. The Kier molecular flexibility index (Phi) is 5.64. The van der Waals surface area contributed by atoms with Crippen LogP contribution in [-0.4, -0.2) is 44.8 Å². The normalized spacial score (nSPS) is 19.0. The summed E-state index contributed by atoms with van der Waals surface area (Å²) < 4.78 is 7.58. The van der Waals surface area contributed by atoms with Crippen LogP contribution in [0.4, 0.5) is 0 Å². The zero-order chi connectivity index (χ0) is 19.3. The van der Waals surface area contributed by atoms with Crippen molar-refractivity contribution < 1.29 is 4.74 Å². The Morgan fingerprint density at radius 3 is 2.82 bits per heavy atom. The summed E-state index contributed by atoms with van der Waals surface area (Å²) in [6.45, 7) is 2.08. The summed E-state index contributed by atoms with van der Waals surface area (Å²) in [6, 6.07) is 14.3. The molecule has 0 amide bonds. The fourth-order valence-corrected chi connectivity index (χ4v) is 4.02. The van der Waals surface area contributed by atoms with Crippen molar-refractivity contribution in [3.63, 3.8) is 0 Å². The second kappa shape index (κ2) is 8.50. The Morgan fingerprint density at radius 2 is 2.07 bits per heavy atom. The Labute approximate surface area is 170 Å². The maximum absolute atomic E-state index is 5.67. The van der Waals surface area contributed by atoms with Crippen LogP contribution in [-0.2, 0) is 11.3 Å². The van der Waals surface area contributed by atoms with Crippen LogP contribution in [0.1, 0.15) is 29.0 Å². The van der Waals surface area contributed by atoms with Gasteiger partial charge in [0.2, 0.25) is 0 Å². The summed E-state index contributed by atoms with van der Waals surface area (Å²) >= 11 is 5.67. The van der Waals surface area contributed by atoms with E-state index in [-0.39, 0.29) is 12.1 Å². The number of hydrogen-bond acceptors (Lipinski definition) is 4. The molecule has 1 aliphatic rings. The average molecular weight is 394 g/mol. The third-order valence-electron chi connectivity index (χ3n) is 4.98. The highest BCUT2D eigenvalue weighted by molar-refractivity contribution is 7.80. The molecule has 7 heteroatoms. The van der Waals surface area contributed by atoms with Crippen molar-refractivity contribution in [1.82, 2.24) is 24.8 Å². The van der Waals surface area contributed by atoms with Crippen LogP contribution in [0, 0.1) is 0 Å². The van der Waals surface area contributed by atoms with E-state index in [9.17, 15) is 0 Å². The molecule has 1 fully saturated rings. The minimum Gasteiger partial charge on any atom is -0.383 e. The van der Waals surface area contributed by atoms with Gasteiger partial charge >= 0.3 is 0 Å². The number of aromatic nitrogens is 3. The molecule has 6 nitrogen and oxygen atoms in total. The van der Waals surface area contributed by atoms with Crippen molar-refractivity contribution in [3.8, 4) is 0 Å². The molecule has 0 aromatic carbocycles. The van der Waals surface area contributed by atoms with E-state index in [0.29, 0.717) is 13.2 Å². The van der Waals surface area contributed by atoms with E-state index < -0.39 is 0 Å². The standard InChI is InChI=1S/C21H23N5OS/c1-27-13-12-26-20(19(24-21(26)28)17-7-2-3-10-23-17)18-8-5-11-25(18)15-16-6-4-9-22-14-16/h2-11,14,19-20H,12-13,15H2,1H3,(H,24,28). The molecular formula is C21H23N5OS. The van der Waals surface area contributed by atoms with Crippen LogP contribution in [0.25, 0.3) is 0 Å². The number of methoxy groups -OCH3 is 1. The average Bonchev–Trinajstić information content (AvgIpc) is 3.31. The lowest BCUT2D eigenvalue weighted by Crippen LogP contribution is -2.33. The molecule has 0 spiro atoms. The summed E-state index contributed by atoms with van der Waals surface area (Å²) in [5.41, 5.74) is 3.32. The second-order valence-electron chi connectivity index (χ2n) is 6.74. The van der Waals surface area contributed by atoms with Gasteiger partial charge in [-0.15, -0.1) is 0 Å². The molecule has 4 rings (SSSR count). The largest absolute Gasteiger partial charge is 0.383 e. The van der Waals surface area contributed by atoms with Crippen LogP contribution < -0.4 is 5.32 Å². The van der Waals surface area contributed by atoms with Crippen LogP contribution >= 0.6 is 12.2 Å². The summed E-state index contributed by atoms with van der Waals surface area (Å²) in [4.78, 5) is 11.0. The van der Waals surface area contributed by atoms with Gasteiger partial charge in [0.25, 0.3) is 0 Å². The van der Waals surface area contributed by atoms with Crippen LogP contribution in [0.2, 0.25) is 0 Å². The van der Waals surface area contributed by atoms with Gasteiger partial charge in [0, 0.05) is 50.7 Å². The Bertz CT molecular complexity index is 915. The van der Waals surface area contributed by atoms with Gasteiger partial charge < -0.3 is 19.5 Å². The number of nitrogens with zero attached hydrogens (tertiary/aromatic N) is 4. The van der Waals surface area contributed by atoms with E-state index in [1.165, 1.54) is 5.69 Å². The quantitative estimate of drug-likeness (QED) is 0.623. The molecule has 1 aliphatic heterocycles. The molecule has 0 aliphatic carbocycles. The summed E-state index contributed by atoms with van der Waals surface area (Å²) in [7, 11) is 1.71. The van der Waals surface area contributed by atoms with E-state index >= 15 is 0 Å². The number of pyridine rings is 2. The fraction of sp³-hybridized carbons (Fsp3) is 0.286. The van der Waals surface area contributed by atoms with E-state index in [0.717, 1.165) is 22.9 Å². The first-order valence-electron chi connectivity index (χ1n) is 9.29. The predicted molar refractivity (Wildman–Crippen MR) is 112 cm³/mol. The lowest BCUT2D eigenvalue weighted by Gasteiger charge is -2.28. The van der Waals surface area contributed by atoms with Crippen LogP contribution in [0.5, 0.6) is 0 Å². The number of nitrogens with one attached hydrogen (secondary N) is 1. The maximum atomic E-state index is 5.67. The molecule has 3 aromatic rings. The molecule has 2 unspecified atom stereocenters. The van der Waals surface area contributed by atoms with Gasteiger partial charge in [-0.1, -0.05) is 12.1 Å². The van der Waals surface area contributed by atoms with Crippen molar-refractivity contribution in [2.45, 2.75) is 18.6 Å². The van der Waals surface area contributed by atoms with Crippen LogP contribution in [0.15, 0.2) is 67.3 Å². The SMILES string of the molecule is COCCN1C(=S)NC(c2ccccn2)C1c1cccn1Cc1cccnc1. The predicted octanol–water partition coefficient (Wildman–Crippen LogP) is 2.95. The number of rotatable bonds is 7. The zero-order valence-electron chi connectivity index (χ0n) is 15.7. The highest BCUT2D eigenvalue weighted by atomic mass is 32.1. The molecule has 144 valence electrons. The lowest BCUT2D eigenvalue weighted by molar-refractivity contribution is 0.162. The Hall–Kier alpha value is -2.77. The van der Waals surface area contributed by atoms with Gasteiger partial charge in [-0.05, 0) is 48.1 Å². The molecule has 0 saturated carbocycles. The molecule has 3 aromatic heterocycles. The van der Waals surface area contributed by atoms with E-state index in [2.05, 4.69) is 49.1 Å². The third kappa shape index (κ3) is 3.76. The van der Waals surface area contributed by atoms with Crippen molar-refractivity contribution in [3.05, 3.63) is 84.2 Å². The molecule has 4 heterocycles. The highest BCUT2D eigenvalue weighted by Gasteiger charge is 2.40. The van der Waals surface area contributed by atoms with Crippen LogP contribution in [0.3, 0.4) is 0 Å². The Morgan fingerprint density at radius 1 is 1.14 bits per heavy atom. The van der Waals surface area contributed by atoms with Gasteiger partial charge in [-0.2, -0.15) is 0 Å². The monoisotopic (exact) mass is 393 g/mol. The fourth-order valence-electron chi connectivity index (χ4n) is 3.69. The molecule has 0 radical (unpaired) electrons. The molecule has 1 saturated heterocycles. The Balaban J connectivity index is 1.70. The van der Waals surface area contributed by atoms with Gasteiger partial charge in [-0.3, -0.25) is 9.97 Å². The highest BCUT2D eigenvalue weighted by Crippen LogP contribution is 2.38. The molecule has 28 heavy (non-hydrogen) atoms. The minimum absolute atomic E-state index is 0.0203. The first-order valence-corrected chi connectivity index (χ1v) is 9.69. The smallest absolute Gasteiger partial charge is 0.170 e. The topological polar surface area (TPSA) is 55.2 Å². The van der Waals surface area contributed by atoms with Gasteiger partial charge in [-0.25, -0.2) is 0 Å². The third-order valence-corrected chi connectivity index (χ3v) is 5.33. The second-order valence-corrected chi connectivity index (χ2v) is 7.12. The maximum Gasteiger partial charge on any atom is 0.170 e.